The highest BCUT2D eigenvalue weighted by molar-refractivity contribution is 5.24. The van der Waals surface area contributed by atoms with Crippen molar-refractivity contribution in [2.45, 2.75) is 37.6 Å². The number of nitrogens with one attached hydrogen (secondary N) is 1. The molecule has 0 bridgehead atoms. The fraction of sp³-hybridized carbons (Fsp3) is 0.571. The minimum absolute atomic E-state index is 0.00104. The summed E-state index contributed by atoms with van der Waals surface area (Å²) in [6.45, 7) is 6.04. The predicted molar refractivity (Wildman–Crippen MR) is 68.4 cm³/mol. The minimum Gasteiger partial charge on any atom is -0.324 e. The molecule has 0 atom stereocenters. The van der Waals surface area contributed by atoms with Crippen LogP contribution in [-0.2, 0) is 5.41 Å². The SMILES string of the molecule is CC(C)(CNCC1(N)CC1)c1ccc(F)cc1. The molecule has 1 aromatic carbocycles. The van der Waals surface area contributed by atoms with E-state index in [1.54, 1.807) is 0 Å². The van der Waals surface area contributed by atoms with Crippen LogP contribution in [0.2, 0.25) is 0 Å². The van der Waals surface area contributed by atoms with Crippen molar-refractivity contribution in [3.8, 4) is 0 Å². The van der Waals surface area contributed by atoms with Crippen LogP contribution in [-0.4, -0.2) is 18.6 Å². The van der Waals surface area contributed by atoms with Crippen molar-refractivity contribution >= 4 is 0 Å². The fourth-order valence-corrected chi connectivity index (χ4v) is 1.96. The van der Waals surface area contributed by atoms with Gasteiger partial charge in [0.2, 0.25) is 0 Å². The Morgan fingerprint density at radius 3 is 2.41 bits per heavy atom. The third-order valence-corrected chi connectivity index (χ3v) is 3.56. The number of halogens is 1. The molecular formula is C14H21FN2. The van der Waals surface area contributed by atoms with E-state index in [0.29, 0.717) is 0 Å². The molecule has 0 spiro atoms. The van der Waals surface area contributed by atoms with Gasteiger partial charge in [0.25, 0.3) is 0 Å². The van der Waals surface area contributed by atoms with Gasteiger partial charge >= 0.3 is 0 Å². The van der Waals surface area contributed by atoms with Gasteiger partial charge in [-0.3, -0.25) is 0 Å². The Kier molecular flexibility index (Phi) is 3.23. The molecule has 94 valence electrons. The number of rotatable bonds is 5. The Hall–Kier alpha value is -0.930. The molecule has 0 aromatic heterocycles. The van der Waals surface area contributed by atoms with E-state index in [2.05, 4.69) is 19.2 Å². The standard InChI is InChI=1S/C14H21FN2/c1-13(2,9-17-10-14(16)7-8-14)11-3-5-12(15)6-4-11/h3-6,17H,7-10,16H2,1-2H3. The highest BCUT2D eigenvalue weighted by Crippen LogP contribution is 2.31. The van der Waals surface area contributed by atoms with Crippen molar-refractivity contribution in [3.05, 3.63) is 35.6 Å². The Bertz CT molecular complexity index is 380. The maximum Gasteiger partial charge on any atom is 0.123 e. The number of hydrogen-bond acceptors (Lipinski definition) is 2. The first kappa shape index (κ1) is 12.5. The van der Waals surface area contributed by atoms with E-state index in [9.17, 15) is 4.39 Å². The molecule has 3 heteroatoms. The molecule has 2 rings (SSSR count). The molecule has 1 aliphatic carbocycles. The molecule has 0 amide bonds. The monoisotopic (exact) mass is 236 g/mol. The quantitative estimate of drug-likeness (QED) is 0.822. The second kappa shape index (κ2) is 4.39. The molecule has 1 aliphatic rings. The average Bonchev–Trinajstić information content (AvgIpc) is 2.97. The van der Waals surface area contributed by atoms with Gasteiger partial charge < -0.3 is 11.1 Å². The number of nitrogens with two attached hydrogens (primary N) is 1. The molecular weight excluding hydrogens is 215 g/mol. The predicted octanol–water partition coefficient (Wildman–Crippen LogP) is 2.18. The van der Waals surface area contributed by atoms with Crippen molar-refractivity contribution in [2.75, 3.05) is 13.1 Å². The highest BCUT2D eigenvalue weighted by Gasteiger charge is 2.37. The van der Waals surface area contributed by atoms with Crippen LogP contribution in [0.15, 0.2) is 24.3 Å². The van der Waals surface area contributed by atoms with Gasteiger partial charge in [-0.05, 0) is 30.5 Å². The Morgan fingerprint density at radius 2 is 1.88 bits per heavy atom. The van der Waals surface area contributed by atoms with E-state index in [1.807, 2.05) is 12.1 Å². The first-order chi connectivity index (χ1) is 7.91. The van der Waals surface area contributed by atoms with E-state index >= 15 is 0 Å². The maximum atomic E-state index is 12.9. The van der Waals surface area contributed by atoms with E-state index in [1.165, 1.54) is 12.1 Å². The summed E-state index contributed by atoms with van der Waals surface area (Å²) in [5.41, 5.74) is 7.21. The minimum atomic E-state index is -0.184. The third-order valence-electron chi connectivity index (χ3n) is 3.56. The van der Waals surface area contributed by atoms with Gasteiger partial charge in [0.15, 0.2) is 0 Å². The molecule has 17 heavy (non-hydrogen) atoms. The van der Waals surface area contributed by atoms with Gasteiger partial charge in [-0.25, -0.2) is 4.39 Å². The van der Waals surface area contributed by atoms with Crippen molar-refractivity contribution in [1.29, 1.82) is 0 Å². The van der Waals surface area contributed by atoms with Crippen LogP contribution in [0.3, 0.4) is 0 Å². The first-order valence-electron chi connectivity index (χ1n) is 6.17. The summed E-state index contributed by atoms with van der Waals surface area (Å²) >= 11 is 0. The van der Waals surface area contributed by atoms with Crippen molar-refractivity contribution in [3.63, 3.8) is 0 Å². The van der Waals surface area contributed by atoms with Crippen LogP contribution in [0.25, 0.3) is 0 Å². The summed E-state index contributed by atoms with van der Waals surface area (Å²) in [5.74, 6) is -0.184. The molecule has 1 aromatic rings. The molecule has 2 nitrogen and oxygen atoms in total. The van der Waals surface area contributed by atoms with E-state index in [4.69, 9.17) is 5.73 Å². The van der Waals surface area contributed by atoms with Gasteiger partial charge in [-0.2, -0.15) is 0 Å². The normalized spacial score (nSPS) is 18.1. The smallest absolute Gasteiger partial charge is 0.123 e. The molecule has 0 heterocycles. The Balaban J connectivity index is 1.90. The number of hydrogen-bond donors (Lipinski definition) is 2. The first-order valence-corrected chi connectivity index (χ1v) is 6.17. The van der Waals surface area contributed by atoms with Crippen LogP contribution in [0.5, 0.6) is 0 Å². The van der Waals surface area contributed by atoms with Crippen LogP contribution >= 0.6 is 0 Å². The molecule has 0 aliphatic heterocycles. The zero-order valence-electron chi connectivity index (χ0n) is 10.6. The van der Waals surface area contributed by atoms with Gasteiger partial charge in [0.05, 0.1) is 0 Å². The van der Waals surface area contributed by atoms with Crippen LogP contribution < -0.4 is 11.1 Å². The molecule has 1 fully saturated rings. The fourth-order valence-electron chi connectivity index (χ4n) is 1.96. The van der Waals surface area contributed by atoms with Gasteiger partial charge in [0, 0.05) is 24.0 Å². The lowest BCUT2D eigenvalue weighted by Gasteiger charge is -2.26. The summed E-state index contributed by atoms with van der Waals surface area (Å²) < 4.78 is 12.9. The van der Waals surface area contributed by atoms with Crippen LogP contribution in [0.4, 0.5) is 4.39 Å². The Morgan fingerprint density at radius 1 is 1.29 bits per heavy atom. The van der Waals surface area contributed by atoms with Crippen LogP contribution in [0.1, 0.15) is 32.3 Å². The van der Waals surface area contributed by atoms with Gasteiger partial charge in [0.1, 0.15) is 5.82 Å². The molecule has 0 unspecified atom stereocenters. The molecule has 0 radical (unpaired) electrons. The summed E-state index contributed by atoms with van der Waals surface area (Å²) in [5, 5.41) is 3.42. The second-order valence-corrected chi connectivity index (χ2v) is 5.86. The van der Waals surface area contributed by atoms with E-state index in [-0.39, 0.29) is 16.8 Å². The lowest BCUT2D eigenvalue weighted by molar-refractivity contribution is 0.448. The number of benzene rings is 1. The molecule has 3 N–H and O–H groups in total. The maximum absolute atomic E-state index is 12.9. The lowest BCUT2D eigenvalue weighted by atomic mass is 9.84. The van der Waals surface area contributed by atoms with Gasteiger partial charge in [-0.15, -0.1) is 0 Å². The largest absolute Gasteiger partial charge is 0.324 e. The Labute approximate surface area is 102 Å². The van der Waals surface area contributed by atoms with E-state index < -0.39 is 0 Å². The molecule has 0 saturated heterocycles. The zero-order valence-corrected chi connectivity index (χ0v) is 10.6. The summed E-state index contributed by atoms with van der Waals surface area (Å²) in [4.78, 5) is 0. The third kappa shape index (κ3) is 3.27. The summed E-state index contributed by atoms with van der Waals surface area (Å²) in [7, 11) is 0. The second-order valence-electron chi connectivity index (χ2n) is 5.86. The van der Waals surface area contributed by atoms with Crippen molar-refractivity contribution in [2.24, 2.45) is 5.73 Å². The molecule has 1 saturated carbocycles. The summed E-state index contributed by atoms with van der Waals surface area (Å²) in [6, 6.07) is 6.74. The average molecular weight is 236 g/mol. The van der Waals surface area contributed by atoms with Crippen molar-refractivity contribution in [1.82, 2.24) is 5.32 Å². The van der Waals surface area contributed by atoms with Crippen molar-refractivity contribution < 1.29 is 4.39 Å². The summed E-state index contributed by atoms with van der Waals surface area (Å²) in [6.07, 6.45) is 2.24. The van der Waals surface area contributed by atoms with Crippen LogP contribution in [0, 0.1) is 5.82 Å². The topological polar surface area (TPSA) is 38.0 Å². The zero-order chi connectivity index (χ0) is 12.5. The van der Waals surface area contributed by atoms with E-state index in [0.717, 1.165) is 31.5 Å². The highest BCUT2D eigenvalue weighted by atomic mass is 19.1. The van der Waals surface area contributed by atoms with Gasteiger partial charge in [-0.1, -0.05) is 26.0 Å². The lowest BCUT2D eigenvalue weighted by Crippen LogP contribution is -2.41.